The van der Waals surface area contributed by atoms with E-state index in [1.807, 2.05) is 18.7 Å². The van der Waals surface area contributed by atoms with Crippen LogP contribution in [0.25, 0.3) is 0 Å². The molecule has 0 spiro atoms. The molecule has 5 nitrogen and oxygen atoms in total. The van der Waals surface area contributed by atoms with E-state index in [0.29, 0.717) is 6.42 Å². The molecule has 0 aliphatic heterocycles. The molecule has 2 amide bonds. The molecule has 0 aromatic heterocycles. The van der Waals surface area contributed by atoms with E-state index in [1.54, 1.807) is 6.92 Å². The predicted molar refractivity (Wildman–Crippen MR) is 75.1 cm³/mol. The second-order valence-corrected chi connectivity index (χ2v) is 5.73. The molecule has 0 saturated carbocycles. The molecule has 0 aromatic rings. The Labute approximate surface area is 113 Å². The van der Waals surface area contributed by atoms with E-state index in [1.165, 1.54) is 0 Å². The number of thioether (sulfide) groups is 1. The Morgan fingerprint density at radius 3 is 2.22 bits per heavy atom. The van der Waals surface area contributed by atoms with Crippen molar-refractivity contribution >= 4 is 23.8 Å². The molecule has 0 heterocycles. The van der Waals surface area contributed by atoms with E-state index in [0.717, 1.165) is 17.9 Å². The molecular formula is C12H24N2O3S. The van der Waals surface area contributed by atoms with Crippen LogP contribution in [-0.2, 0) is 4.79 Å². The minimum absolute atomic E-state index is 0.0736. The zero-order chi connectivity index (χ0) is 14.0. The summed E-state index contributed by atoms with van der Waals surface area (Å²) in [5.74, 6) is 1.28. The molecule has 6 heteroatoms. The van der Waals surface area contributed by atoms with Gasteiger partial charge in [-0.05, 0) is 38.2 Å². The lowest BCUT2D eigenvalue weighted by Gasteiger charge is -2.17. The molecule has 0 fully saturated rings. The molecule has 0 aliphatic rings. The van der Waals surface area contributed by atoms with Gasteiger partial charge in [-0.25, -0.2) is 4.79 Å². The molecule has 0 saturated heterocycles. The summed E-state index contributed by atoms with van der Waals surface area (Å²) in [7, 11) is 0. The maximum absolute atomic E-state index is 11.6. The van der Waals surface area contributed by atoms with Crippen molar-refractivity contribution in [1.29, 1.82) is 0 Å². The first-order valence-electron chi connectivity index (χ1n) is 6.32. The minimum Gasteiger partial charge on any atom is -0.481 e. The van der Waals surface area contributed by atoms with Gasteiger partial charge in [-0.3, -0.25) is 4.79 Å². The minimum atomic E-state index is -0.839. The fraction of sp³-hybridized carbons (Fsp3) is 0.833. The summed E-state index contributed by atoms with van der Waals surface area (Å²) >= 11 is 1.85. The molecule has 0 rings (SSSR count). The number of rotatable bonds is 9. The molecule has 106 valence electrons. The summed E-state index contributed by atoms with van der Waals surface area (Å²) in [6.07, 6.45) is 1.46. The number of nitrogens with one attached hydrogen (secondary N) is 2. The Bertz CT molecular complexity index is 262. The Morgan fingerprint density at radius 1 is 1.17 bits per heavy atom. The van der Waals surface area contributed by atoms with Crippen molar-refractivity contribution in [1.82, 2.24) is 10.6 Å². The molecule has 3 N–H and O–H groups in total. The lowest BCUT2D eigenvalue weighted by Crippen LogP contribution is -2.44. The smallest absolute Gasteiger partial charge is 0.315 e. The zero-order valence-corrected chi connectivity index (χ0v) is 12.2. The Balaban J connectivity index is 3.71. The quantitative estimate of drug-likeness (QED) is 0.563. The first-order chi connectivity index (χ1) is 8.45. The van der Waals surface area contributed by atoms with Crippen molar-refractivity contribution in [2.75, 3.05) is 11.5 Å². The number of carbonyl (C=O) groups excluding carboxylic acids is 1. The summed E-state index contributed by atoms with van der Waals surface area (Å²) in [5.41, 5.74) is 0. The fourth-order valence-electron chi connectivity index (χ4n) is 1.38. The van der Waals surface area contributed by atoms with Crippen LogP contribution in [0.2, 0.25) is 0 Å². The van der Waals surface area contributed by atoms with Gasteiger partial charge in [0.2, 0.25) is 0 Å². The first-order valence-corrected chi connectivity index (χ1v) is 7.47. The van der Waals surface area contributed by atoms with Crippen molar-refractivity contribution < 1.29 is 14.7 Å². The SMILES string of the molecule is CCSCCC(C)NC(=O)NC(C)CCC(=O)O. The molecule has 0 radical (unpaired) electrons. The van der Waals surface area contributed by atoms with E-state index in [4.69, 9.17) is 5.11 Å². The number of carbonyl (C=O) groups is 2. The van der Waals surface area contributed by atoms with Crippen LogP contribution in [0, 0.1) is 0 Å². The maximum atomic E-state index is 11.6. The highest BCUT2D eigenvalue weighted by Gasteiger charge is 2.11. The van der Waals surface area contributed by atoms with E-state index >= 15 is 0 Å². The monoisotopic (exact) mass is 276 g/mol. The lowest BCUT2D eigenvalue weighted by atomic mass is 10.2. The van der Waals surface area contributed by atoms with E-state index in [9.17, 15) is 9.59 Å². The third-order valence-electron chi connectivity index (χ3n) is 2.45. The number of carboxylic acid groups (broad SMARTS) is 1. The van der Waals surface area contributed by atoms with Crippen LogP contribution in [-0.4, -0.2) is 40.7 Å². The topological polar surface area (TPSA) is 78.4 Å². The highest BCUT2D eigenvalue weighted by atomic mass is 32.2. The largest absolute Gasteiger partial charge is 0.481 e. The number of amides is 2. The van der Waals surface area contributed by atoms with Gasteiger partial charge in [0.25, 0.3) is 0 Å². The lowest BCUT2D eigenvalue weighted by molar-refractivity contribution is -0.137. The van der Waals surface area contributed by atoms with Crippen LogP contribution < -0.4 is 10.6 Å². The standard InChI is InChI=1S/C12H24N2O3S/c1-4-18-8-7-10(3)14-12(17)13-9(2)5-6-11(15)16/h9-10H,4-8H2,1-3H3,(H,15,16)(H2,13,14,17). The van der Waals surface area contributed by atoms with Crippen LogP contribution >= 0.6 is 11.8 Å². The predicted octanol–water partition coefficient (Wildman–Crippen LogP) is 2.07. The van der Waals surface area contributed by atoms with Gasteiger partial charge in [0, 0.05) is 18.5 Å². The van der Waals surface area contributed by atoms with Gasteiger partial charge in [0.05, 0.1) is 0 Å². The zero-order valence-electron chi connectivity index (χ0n) is 11.4. The van der Waals surface area contributed by atoms with Gasteiger partial charge in [-0.15, -0.1) is 0 Å². The Kier molecular flexibility index (Phi) is 9.55. The highest BCUT2D eigenvalue weighted by molar-refractivity contribution is 7.99. The van der Waals surface area contributed by atoms with Gasteiger partial charge < -0.3 is 15.7 Å². The normalized spacial score (nSPS) is 13.7. The number of hydrogen-bond donors (Lipinski definition) is 3. The van der Waals surface area contributed by atoms with E-state index in [-0.39, 0.29) is 24.5 Å². The van der Waals surface area contributed by atoms with Gasteiger partial charge >= 0.3 is 12.0 Å². The summed E-state index contributed by atoms with van der Waals surface area (Å²) in [4.78, 5) is 21.9. The van der Waals surface area contributed by atoms with Crippen LogP contribution in [0.1, 0.15) is 40.0 Å². The van der Waals surface area contributed by atoms with Gasteiger partial charge in [0.15, 0.2) is 0 Å². The van der Waals surface area contributed by atoms with Gasteiger partial charge in [-0.2, -0.15) is 11.8 Å². The van der Waals surface area contributed by atoms with Crippen LogP contribution in [0.3, 0.4) is 0 Å². The van der Waals surface area contributed by atoms with Crippen molar-refractivity contribution in [2.24, 2.45) is 0 Å². The average molecular weight is 276 g/mol. The summed E-state index contributed by atoms with van der Waals surface area (Å²) < 4.78 is 0. The highest BCUT2D eigenvalue weighted by Crippen LogP contribution is 2.03. The van der Waals surface area contributed by atoms with Crippen molar-refractivity contribution in [3.63, 3.8) is 0 Å². The Morgan fingerprint density at radius 2 is 1.72 bits per heavy atom. The van der Waals surface area contributed by atoms with E-state index < -0.39 is 5.97 Å². The molecule has 0 aliphatic carbocycles. The number of aliphatic carboxylic acids is 1. The van der Waals surface area contributed by atoms with Crippen LogP contribution in [0.15, 0.2) is 0 Å². The maximum Gasteiger partial charge on any atom is 0.315 e. The second-order valence-electron chi connectivity index (χ2n) is 4.34. The number of hydrogen-bond acceptors (Lipinski definition) is 3. The summed E-state index contributed by atoms with van der Waals surface area (Å²) in [5, 5.41) is 14.1. The molecule has 2 unspecified atom stereocenters. The average Bonchev–Trinajstić information content (AvgIpc) is 2.26. The summed E-state index contributed by atoms with van der Waals surface area (Å²) in [6, 6.07) is -0.212. The fourth-order valence-corrected chi connectivity index (χ4v) is 2.19. The molecular weight excluding hydrogens is 252 g/mol. The van der Waals surface area contributed by atoms with Crippen molar-refractivity contribution in [3.05, 3.63) is 0 Å². The molecule has 0 bridgehead atoms. The van der Waals surface area contributed by atoms with Gasteiger partial charge in [-0.1, -0.05) is 6.92 Å². The number of carboxylic acids is 1. The Hall–Kier alpha value is -0.910. The van der Waals surface area contributed by atoms with E-state index in [2.05, 4.69) is 17.6 Å². The molecule has 18 heavy (non-hydrogen) atoms. The van der Waals surface area contributed by atoms with Crippen LogP contribution in [0.5, 0.6) is 0 Å². The third kappa shape index (κ3) is 10.3. The third-order valence-corrected chi connectivity index (χ3v) is 3.38. The first kappa shape index (κ1) is 17.1. The molecule has 2 atom stereocenters. The second kappa shape index (κ2) is 10.1. The summed E-state index contributed by atoms with van der Waals surface area (Å²) in [6.45, 7) is 5.89. The van der Waals surface area contributed by atoms with Crippen molar-refractivity contribution in [3.8, 4) is 0 Å². The number of urea groups is 1. The molecule has 0 aromatic carbocycles. The van der Waals surface area contributed by atoms with Crippen molar-refractivity contribution in [2.45, 2.75) is 52.1 Å². The van der Waals surface area contributed by atoms with Crippen LogP contribution in [0.4, 0.5) is 4.79 Å². The van der Waals surface area contributed by atoms with Gasteiger partial charge in [0.1, 0.15) is 0 Å².